The third kappa shape index (κ3) is 54.0. The molecule has 3 unspecified atom stereocenters. The summed E-state index contributed by atoms with van der Waals surface area (Å²) in [6, 6.07) is 0. The second-order valence-electron chi connectivity index (χ2n) is 20.1. The van der Waals surface area contributed by atoms with E-state index >= 15 is 0 Å². The number of rotatable bonds is 56. The number of aliphatic hydroxyl groups excluding tert-OH is 1. The quantitative estimate of drug-likeness (QED) is 0.0197. The highest BCUT2D eigenvalue weighted by Crippen LogP contribution is 2.43. The summed E-state index contributed by atoms with van der Waals surface area (Å²) >= 11 is 0. The fraction of sp³-hybridized carbons (Fsp3) is 0.790. The summed E-state index contributed by atoms with van der Waals surface area (Å²) in [5.74, 6) is -1.49. The van der Waals surface area contributed by atoms with Gasteiger partial charge in [-0.2, -0.15) is 0 Å². The number of carbonyl (C=O) groups excluding carboxylic acids is 3. The lowest BCUT2D eigenvalue weighted by atomic mass is 10.0. The SMILES string of the molecule is CC/C=C\C/C=C\C/C=C\C/C=C\C/C=C\CCCCCC(=O)OC(COC(=O)CCCCCCCCCCCCCCC)COP(=O)(O)OCC(CO)OC(=O)CCCCCCCCCCCCCCCCC. The molecule has 11 nitrogen and oxygen atoms in total. The molecule has 430 valence electrons. The Labute approximate surface area is 453 Å². The van der Waals surface area contributed by atoms with Crippen LogP contribution in [0, 0.1) is 0 Å². The Morgan fingerprint density at radius 3 is 1.08 bits per heavy atom. The van der Waals surface area contributed by atoms with Gasteiger partial charge in [-0.3, -0.25) is 23.4 Å². The van der Waals surface area contributed by atoms with Gasteiger partial charge >= 0.3 is 25.7 Å². The minimum Gasteiger partial charge on any atom is -0.462 e. The molecule has 0 aromatic carbocycles. The molecule has 0 amide bonds. The number of phosphoric ester groups is 1. The van der Waals surface area contributed by atoms with Crippen molar-refractivity contribution in [2.75, 3.05) is 26.4 Å². The number of carbonyl (C=O) groups is 3. The van der Waals surface area contributed by atoms with Crippen LogP contribution in [-0.2, 0) is 42.2 Å². The van der Waals surface area contributed by atoms with Gasteiger partial charge in [-0.1, -0.05) is 255 Å². The monoisotopic (exact) mass is 1060 g/mol. The van der Waals surface area contributed by atoms with Crippen molar-refractivity contribution in [3.63, 3.8) is 0 Å². The molecule has 0 aliphatic rings. The molecular weight excluding hydrogens is 952 g/mol. The van der Waals surface area contributed by atoms with E-state index in [4.69, 9.17) is 23.3 Å². The lowest BCUT2D eigenvalue weighted by molar-refractivity contribution is -0.161. The molecule has 0 aromatic heterocycles. The Bertz CT molecular complexity index is 1470. The highest BCUT2D eigenvalue weighted by Gasteiger charge is 2.28. The van der Waals surface area contributed by atoms with Crippen LogP contribution in [0.5, 0.6) is 0 Å². The van der Waals surface area contributed by atoms with Gasteiger partial charge < -0.3 is 24.2 Å². The van der Waals surface area contributed by atoms with Crippen molar-refractivity contribution in [1.82, 2.24) is 0 Å². The van der Waals surface area contributed by atoms with E-state index in [1.54, 1.807) is 0 Å². The number of unbranched alkanes of at least 4 members (excludes halogenated alkanes) is 29. The van der Waals surface area contributed by atoms with Gasteiger partial charge in [0.1, 0.15) is 12.7 Å². The average Bonchev–Trinajstić information content (AvgIpc) is 3.39. The van der Waals surface area contributed by atoms with Crippen LogP contribution < -0.4 is 0 Å². The number of hydrogen-bond donors (Lipinski definition) is 2. The molecule has 0 saturated carbocycles. The van der Waals surface area contributed by atoms with Gasteiger partial charge in [0.05, 0.1) is 19.8 Å². The summed E-state index contributed by atoms with van der Waals surface area (Å²) in [4.78, 5) is 48.6. The minimum absolute atomic E-state index is 0.130. The number of hydrogen-bond acceptors (Lipinski definition) is 10. The first-order chi connectivity index (χ1) is 36.2. The van der Waals surface area contributed by atoms with Crippen LogP contribution in [0.1, 0.15) is 278 Å². The molecule has 0 rings (SSSR count). The molecule has 0 heterocycles. The van der Waals surface area contributed by atoms with E-state index in [-0.39, 0.29) is 25.9 Å². The van der Waals surface area contributed by atoms with Gasteiger partial charge in [0, 0.05) is 19.3 Å². The van der Waals surface area contributed by atoms with Gasteiger partial charge in [0.15, 0.2) is 6.10 Å². The highest BCUT2D eigenvalue weighted by atomic mass is 31.2. The van der Waals surface area contributed by atoms with Crippen molar-refractivity contribution < 1.29 is 52.2 Å². The maximum atomic E-state index is 12.9. The van der Waals surface area contributed by atoms with Crippen LogP contribution in [0.2, 0.25) is 0 Å². The smallest absolute Gasteiger partial charge is 0.462 e. The van der Waals surface area contributed by atoms with Gasteiger partial charge in [0.25, 0.3) is 0 Å². The molecule has 0 aromatic rings. The molecular formula is C62H111O11P. The standard InChI is InChI=1S/C62H111O11P/c1-4-7-10-13-16-19-22-25-27-28-29-30-32-35-38-41-44-47-50-53-62(66)73-59(55-69-60(64)51-48-45-42-39-36-33-24-21-18-15-12-9-6-3)57-71-74(67,68)70-56-58(54-63)72-61(65)52-49-46-43-40-37-34-31-26-23-20-17-14-11-8-5-2/h7,10,16,19,25,27,29-30,35,38,58-59,63H,4-6,8-9,11-15,17-18,20-24,26,28,31-34,36-37,39-57H2,1-3H3,(H,67,68)/b10-7-,19-16-,27-25-,30-29-,38-35-. The van der Waals surface area contributed by atoms with Crippen molar-refractivity contribution >= 4 is 25.7 Å². The molecule has 0 spiro atoms. The number of allylic oxidation sites excluding steroid dienone is 10. The molecule has 2 N–H and O–H groups in total. The van der Waals surface area contributed by atoms with Gasteiger partial charge in [-0.05, 0) is 64.2 Å². The summed E-state index contributed by atoms with van der Waals surface area (Å²) in [5.41, 5.74) is 0. The lowest BCUT2D eigenvalue weighted by Gasteiger charge is -2.21. The van der Waals surface area contributed by atoms with E-state index in [2.05, 4.69) is 81.5 Å². The zero-order valence-corrected chi connectivity index (χ0v) is 48.5. The first-order valence-corrected chi connectivity index (χ1v) is 31.7. The van der Waals surface area contributed by atoms with E-state index in [0.29, 0.717) is 19.3 Å². The first kappa shape index (κ1) is 71.2. The fourth-order valence-electron chi connectivity index (χ4n) is 8.38. The Kier molecular flexibility index (Phi) is 54.2. The molecule has 0 aliphatic heterocycles. The molecule has 0 aliphatic carbocycles. The Morgan fingerprint density at radius 1 is 0.392 bits per heavy atom. The van der Waals surface area contributed by atoms with Crippen LogP contribution in [0.4, 0.5) is 0 Å². The van der Waals surface area contributed by atoms with Crippen molar-refractivity contribution in [2.24, 2.45) is 0 Å². The van der Waals surface area contributed by atoms with Crippen LogP contribution in [0.3, 0.4) is 0 Å². The first-order valence-electron chi connectivity index (χ1n) is 30.2. The van der Waals surface area contributed by atoms with E-state index in [1.165, 1.54) is 128 Å². The van der Waals surface area contributed by atoms with Crippen molar-refractivity contribution in [1.29, 1.82) is 0 Å². The third-order valence-electron chi connectivity index (χ3n) is 13.0. The molecule has 3 atom stereocenters. The number of aliphatic hydroxyl groups is 1. The van der Waals surface area contributed by atoms with Crippen LogP contribution in [-0.4, -0.2) is 66.5 Å². The van der Waals surface area contributed by atoms with Crippen molar-refractivity contribution in [3.8, 4) is 0 Å². The Morgan fingerprint density at radius 2 is 0.703 bits per heavy atom. The zero-order chi connectivity index (χ0) is 54.1. The molecule has 74 heavy (non-hydrogen) atoms. The summed E-state index contributed by atoms with van der Waals surface area (Å²) in [6.45, 7) is 4.53. The normalized spacial score (nSPS) is 13.7. The second-order valence-corrected chi connectivity index (χ2v) is 21.6. The molecule has 0 bridgehead atoms. The maximum Gasteiger partial charge on any atom is 0.472 e. The number of ether oxygens (including phenoxy) is 3. The number of phosphoric acid groups is 1. The van der Waals surface area contributed by atoms with Gasteiger partial charge in [-0.15, -0.1) is 0 Å². The largest absolute Gasteiger partial charge is 0.472 e. The third-order valence-corrected chi connectivity index (χ3v) is 13.9. The Balaban J connectivity index is 4.74. The maximum absolute atomic E-state index is 12.9. The van der Waals surface area contributed by atoms with E-state index in [1.807, 2.05) is 0 Å². The van der Waals surface area contributed by atoms with Crippen molar-refractivity contribution in [3.05, 3.63) is 60.8 Å². The molecule has 0 saturated heterocycles. The highest BCUT2D eigenvalue weighted by molar-refractivity contribution is 7.47. The average molecular weight is 1060 g/mol. The predicted molar refractivity (Wildman–Crippen MR) is 307 cm³/mol. The number of esters is 3. The predicted octanol–water partition coefficient (Wildman–Crippen LogP) is 17.9. The second kappa shape index (κ2) is 56.4. The minimum atomic E-state index is -4.75. The summed E-state index contributed by atoms with van der Waals surface area (Å²) in [5, 5.41) is 9.83. The Hall–Kier alpha value is -2.82. The van der Waals surface area contributed by atoms with Crippen molar-refractivity contribution in [2.45, 2.75) is 290 Å². The molecule has 12 heteroatoms. The summed E-state index contributed by atoms with van der Waals surface area (Å²) in [6.07, 6.45) is 61.7. The lowest BCUT2D eigenvalue weighted by Crippen LogP contribution is -2.30. The zero-order valence-electron chi connectivity index (χ0n) is 47.6. The molecule has 0 radical (unpaired) electrons. The molecule has 0 fully saturated rings. The fourth-order valence-corrected chi connectivity index (χ4v) is 9.17. The van der Waals surface area contributed by atoms with Crippen LogP contribution in [0.15, 0.2) is 60.8 Å². The summed E-state index contributed by atoms with van der Waals surface area (Å²) < 4.78 is 39.6. The van der Waals surface area contributed by atoms with E-state index < -0.39 is 57.8 Å². The van der Waals surface area contributed by atoms with E-state index in [0.717, 1.165) is 89.9 Å². The van der Waals surface area contributed by atoms with Gasteiger partial charge in [0.2, 0.25) is 0 Å². The van der Waals surface area contributed by atoms with E-state index in [9.17, 15) is 28.9 Å². The topological polar surface area (TPSA) is 155 Å². The summed E-state index contributed by atoms with van der Waals surface area (Å²) in [7, 11) is -4.75. The van der Waals surface area contributed by atoms with Crippen LogP contribution >= 0.6 is 7.82 Å². The van der Waals surface area contributed by atoms with Gasteiger partial charge in [-0.25, -0.2) is 4.57 Å². The van der Waals surface area contributed by atoms with Crippen LogP contribution in [0.25, 0.3) is 0 Å².